The third kappa shape index (κ3) is 2.71. The third-order valence-corrected chi connectivity index (χ3v) is 7.98. The van der Waals surface area contributed by atoms with Crippen LogP contribution in [0.25, 0.3) is 0 Å². The monoisotopic (exact) mass is 344 g/mol. The molecule has 4 bridgehead atoms. The van der Waals surface area contributed by atoms with Crippen molar-refractivity contribution in [1.29, 1.82) is 0 Å². The molecule has 4 aliphatic carbocycles. The van der Waals surface area contributed by atoms with Gasteiger partial charge in [0.1, 0.15) is 0 Å². The van der Waals surface area contributed by atoms with E-state index in [9.17, 15) is 9.59 Å². The van der Waals surface area contributed by atoms with Crippen molar-refractivity contribution in [3.05, 3.63) is 0 Å². The number of likely N-dealkylation sites (tertiary alicyclic amines) is 2. The minimum Gasteiger partial charge on any atom is -0.341 e. The molecule has 4 saturated carbocycles. The summed E-state index contributed by atoms with van der Waals surface area (Å²) in [4.78, 5) is 30.1. The van der Waals surface area contributed by atoms with Gasteiger partial charge in [0.2, 0.25) is 11.8 Å². The van der Waals surface area contributed by atoms with E-state index in [1.165, 1.54) is 25.7 Å². The van der Waals surface area contributed by atoms with Crippen LogP contribution < -0.4 is 0 Å². The summed E-state index contributed by atoms with van der Waals surface area (Å²) < 4.78 is 0. The molecule has 0 radical (unpaired) electrons. The maximum atomic E-state index is 13.7. The van der Waals surface area contributed by atoms with E-state index in [0.717, 1.165) is 75.9 Å². The Bertz CT molecular complexity index is 537. The van der Waals surface area contributed by atoms with Crippen molar-refractivity contribution in [2.24, 2.45) is 23.2 Å². The van der Waals surface area contributed by atoms with Crippen LogP contribution in [0.1, 0.15) is 70.6 Å². The molecule has 138 valence electrons. The van der Waals surface area contributed by atoms with Gasteiger partial charge in [0.05, 0.1) is 5.41 Å². The second-order valence-electron chi connectivity index (χ2n) is 9.79. The Balaban J connectivity index is 1.35. The van der Waals surface area contributed by atoms with Crippen LogP contribution in [-0.4, -0.2) is 47.3 Å². The van der Waals surface area contributed by atoms with E-state index in [1.54, 1.807) is 0 Å². The first-order chi connectivity index (χ1) is 12.1. The molecule has 2 heterocycles. The molecule has 6 rings (SSSR count). The normalized spacial score (nSPS) is 43.1. The Hall–Kier alpha value is -1.06. The van der Waals surface area contributed by atoms with Gasteiger partial charge in [0, 0.05) is 32.1 Å². The quantitative estimate of drug-likeness (QED) is 0.789. The molecular formula is C21H32N2O2. The molecule has 0 aromatic carbocycles. The van der Waals surface area contributed by atoms with Crippen LogP contribution in [0.15, 0.2) is 0 Å². The Morgan fingerprint density at radius 2 is 1.64 bits per heavy atom. The van der Waals surface area contributed by atoms with E-state index >= 15 is 0 Å². The van der Waals surface area contributed by atoms with Crippen molar-refractivity contribution in [2.75, 3.05) is 19.6 Å². The maximum absolute atomic E-state index is 13.7. The zero-order valence-corrected chi connectivity index (χ0v) is 15.4. The lowest BCUT2D eigenvalue weighted by Gasteiger charge is -2.57. The van der Waals surface area contributed by atoms with E-state index in [1.807, 2.05) is 4.90 Å². The van der Waals surface area contributed by atoms with E-state index in [0.29, 0.717) is 18.2 Å². The summed E-state index contributed by atoms with van der Waals surface area (Å²) >= 11 is 0. The SMILES string of the molecule is O=C1CCCN1CC1CCCCN1C(=O)C12CC3CC(CC(C3)C1)C2. The van der Waals surface area contributed by atoms with Crippen molar-refractivity contribution in [3.63, 3.8) is 0 Å². The number of carbonyl (C=O) groups is 2. The zero-order valence-electron chi connectivity index (χ0n) is 15.4. The van der Waals surface area contributed by atoms with Crippen LogP contribution in [0.2, 0.25) is 0 Å². The molecule has 1 atom stereocenters. The standard InChI is InChI=1S/C21H32N2O2/c24-19-5-3-6-22(19)14-18-4-1-2-7-23(18)20(25)21-11-15-8-16(12-21)10-17(9-15)13-21/h15-18H,1-14H2. The van der Waals surface area contributed by atoms with Crippen LogP contribution in [0, 0.1) is 23.2 Å². The molecule has 0 N–H and O–H groups in total. The number of hydrogen-bond acceptors (Lipinski definition) is 2. The number of piperidine rings is 1. The first-order valence-electron chi connectivity index (χ1n) is 10.7. The second kappa shape index (κ2) is 5.99. The molecule has 0 aromatic rings. The molecule has 2 aliphatic heterocycles. The summed E-state index contributed by atoms with van der Waals surface area (Å²) in [6.45, 7) is 2.61. The van der Waals surface area contributed by atoms with Crippen molar-refractivity contribution < 1.29 is 9.59 Å². The summed E-state index contributed by atoms with van der Waals surface area (Å²) in [6, 6.07) is 0.274. The van der Waals surface area contributed by atoms with Crippen molar-refractivity contribution in [3.8, 4) is 0 Å². The fourth-order valence-electron chi connectivity index (χ4n) is 7.29. The molecule has 6 aliphatic rings. The predicted octanol–water partition coefficient (Wildman–Crippen LogP) is 3.21. The number of amides is 2. The molecular weight excluding hydrogens is 312 g/mol. The van der Waals surface area contributed by atoms with E-state index in [-0.39, 0.29) is 11.5 Å². The summed E-state index contributed by atoms with van der Waals surface area (Å²) in [5.41, 5.74) is -0.0284. The second-order valence-corrected chi connectivity index (χ2v) is 9.79. The lowest BCUT2D eigenvalue weighted by molar-refractivity contribution is -0.162. The van der Waals surface area contributed by atoms with Crippen LogP contribution in [0.5, 0.6) is 0 Å². The van der Waals surface area contributed by atoms with Gasteiger partial charge < -0.3 is 9.80 Å². The highest BCUT2D eigenvalue weighted by molar-refractivity contribution is 5.84. The number of hydrogen-bond donors (Lipinski definition) is 0. The lowest BCUT2D eigenvalue weighted by atomic mass is 9.49. The average molecular weight is 344 g/mol. The maximum Gasteiger partial charge on any atom is 0.229 e. The summed E-state index contributed by atoms with van der Waals surface area (Å²) in [6.07, 6.45) is 12.8. The number of rotatable bonds is 3. The average Bonchev–Trinajstić information content (AvgIpc) is 2.98. The van der Waals surface area contributed by atoms with Gasteiger partial charge in [-0.1, -0.05) is 0 Å². The largest absolute Gasteiger partial charge is 0.341 e. The molecule has 6 fully saturated rings. The lowest BCUT2D eigenvalue weighted by Crippen LogP contribution is -2.59. The van der Waals surface area contributed by atoms with Gasteiger partial charge in [0.25, 0.3) is 0 Å². The highest BCUT2D eigenvalue weighted by Crippen LogP contribution is 2.60. The third-order valence-electron chi connectivity index (χ3n) is 7.98. The molecule has 0 spiro atoms. The molecule has 4 nitrogen and oxygen atoms in total. The Morgan fingerprint density at radius 3 is 2.24 bits per heavy atom. The molecule has 2 amide bonds. The minimum absolute atomic E-state index is 0.0284. The smallest absolute Gasteiger partial charge is 0.229 e. The molecule has 1 unspecified atom stereocenters. The number of nitrogens with zero attached hydrogens (tertiary/aromatic N) is 2. The topological polar surface area (TPSA) is 40.6 Å². The van der Waals surface area contributed by atoms with Crippen LogP contribution >= 0.6 is 0 Å². The van der Waals surface area contributed by atoms with Gasteiger partial charge in [-0.05, 0) is 82.0 Å². The molecule has 2 saturated heterocycles. The van der Waals surface area contributed by atoms with Gasteiger partial charge >= 0.3 is 0 Å². The fourth-order valence-corrected chi connectivity index (χ4v) is 7.29. The highest BCUT2D eigenvalue weighted by Gasteiger charge is 2.56. The van der Waals surface area contributed by atoms with Crippen molar-refractivity contribution in [1.82, 2.24) is 9.80 Å². The Kier molecular flexibility index (Phi) is 3.87. The fraction of sp³-hybridized carbons (Fsp3) is 0.905. The molecule has 25 heavy (non-hydrogen) atoms. The van der Waals surface area contributed by atoms with E-state index < -0.39 is 0 Å². The van der Waals surface area contributed by atoms with Gasteiger partial charge in [-0.3, -0.25) is 9.59 Å². The van der Waals surface area contributed by atoms with Gasteiger partial charge in [0.15, 0.2) is 0 Å². The molecule has 0 aromatic heterocycles. The Morgan fingerprint density at radius 1 is 0.960 bits per heavy atom. The summed E-state index contributed by atoms with van der Waals surface area (Å²) in [5.74, 6) is 3.23. The zero-order chi connectivity index (χ0) is 17.0. The first kappa shape index (κ1) is 16.1. The van der Waals surface area contributed by atoms with E-state index in [2.05, 4.69) is 4.90 Å². The van der Waals surface area contributed by atoms with Crippen molar-refractivity contribution in [2.45, 2.75) is 76.7 Å². The summed E-state index contributed by atoms with van der Waals surface area (Å²) in [5, 5.41) is 0. The highest BCUT2D eigenvalue weighted by atomic mass is 16.2. The van der Waals surface area contributed by atoms with Crippen LogP contribution in [-0.2, 0) is 9.59 Å². The summed E-state index contributed by atoms with van der Waals surface area (Å²) in [7, 11) is 0. The number of carbonyl (C=O) groups excluding carboxylic acids is 2. The van der Waals surface area contributed by atoms with E-state index in [4.69, 9.17) is 0 Å². The predicted molar refractivity (Wildman–Crippen MR) is 95.8 cm³/mol. The van der Waals surface area contributed by atoms with Crippen LogP contribution in [0.3, 0.4) is 0 Å². The minimum atomic E-state index is -0.0284. The van der Waals surface area contributed by atoms with Gasteiger partial charge in [-0.25, -0.2) is 0 Å². The van der Waals surface area contributed by atoms with Crippen LogP contribution in [0.4, 0.5) is 0 Å². The Labute approximate surface area is 151 Å². The molecule has 4 heteroatoms. The first-order valence-corrected chi connectivity index (χ1v) is 10.7. The van der Waals surface area contributed by atoms with Gasteiger partial charge in [-0.15, -0.1) is 0 Å². The van der Waals surface area contributed by atoms with Crippen molar-refractivity contribution >= 4 is 11.8 Å². The van der Waals surface area contributed by atoms with Gasteiger partial charge in [-0.2, -0.15) is 0 Å².